The van der Waals surface area contributed by atoms with Crippen LogP contribution in [0.15, 0.2) is 42.6 Å². The van der Waals surface area contributed by atoms with E-state index in [-0.39, 0.29) is 17.7 Å². The largest absolute Gasteiger partial charge is 0.326 e. The van der Waals surface area contributed by atoms with Gasteiger partial charge < -0.3 is 5.32 Å². The second-order valence-corrected chi connectivity index (χ2v) is 10.6. The minimum atomic E-state index is -0.215. The topological polar surface area (TPSA) is 85.6 Å². The lowest BCUT2D eigenvalue weighted by Gasteiger charge is -2.32. The Morgan fingerprint density at radius 3 is 2.74 bits per heavy atom. The molecule has 3 heterocycles. The van der Waals surface area contributed by atoms with Crippen LogP contribution in [-0.4, -0.2) is 30.9 Å². The standard InChI is InChI=1S/C26H27ClN6OS/c1-14-5-8-19(23-18(14)9-6-15(2)29-23)16(3)24(34)30-17-7-10-21(27)20(13-17)25-31-32-26(35-25)22-11-12-28-33(22)4/h6-7,9-14,16,19H,5,8H2,1-4H3,(H,30,34)/t14-,16-,19+/m1/s1. The maximum atomic E-state index is 13.3. The Morgan fingerprint density at radius 2 is 1.97 bits per heavy atom. The Balaban J connectivity index is 1.37. The summed E-state index contributed by atoms with van der Waals surface area (Å²) in [6, 6.07) is 11.6. The number of hydrogen-bond donors (Lipinski definition) is 1. The number of benzene rings is 1. The van der Waals surface area contributed by atoms with Gasteiger partial charge in [0, 0.05) is 47.7 Å². The Bertz CT molecular complexity index is 1400. The molecule has 1 N–H and O–H groups in total. The second-order valence-electron chi connectivity index (χ2n) is 9.24. The fraction of sp³-hybridized carbons (Fsp3) is 0.346. The van der Waals surface area contributed by atoms with Gasteiger partial charge in [-0.15, -0.1) is 10.2 Å². The molecular formula is C26H27ClN6OS. The summed E-state index contributed by atoms with van der Waals surface area (Å²) in [4.78, 5) is 18.1. The number of halogens is 1. The Kier molecular flexibility index (Phi) is 6.42. The third-order valence-electron chi connectivity index (χ3n) is 6.84. The lowest BCUT2D eigenvalue weighted by atomic mass is 9.75. The highest BCUT2D eigenvalue weighted by Gasteiger charge is 2.33. The molecule has 3 aromatic heterocycles. The molecule has 3 atom stereocenters. The molecule has 0 unspecified atom stereocenters. The van der Waals surface area contributed by atoms with Crippen LogP contribution >= 0.6 is 22.9 Å². The van der Waals surface area contributed by atoms with E-state index in [9.17, 15) is 4.79 Å². The number of rotatable bonds is 5. The summed E-state index contributed by atoms with van der Waals surface area (Å²) < 4.78 is 1.75. The van der Waals surface area contributed by atoms with E-state index in [2.05, 4.69) is 39.7 Å². The number of fused-ring (bicyclic) bond motifs is 1. The van der Waals surface area contributed by atoms with Gasteiger partial charge >= 0.3 is 0 Å². The third kappa shape index (κ3) is 4.60. The average molecular weight is 507 g/mol. The molecule has 0 bridgehead atoms. The van der Waals surface area contributed by atoms with Gasteiger partial charge in [0.25, 0.3) is 0 Å². The smallest absolute Gasteiger partial charge is 0.227 e. The van der Waals surface area contributed by atoms with Crippen molar-refractivity contribution in [2.75, 3.05) is 5.32 Å². The van der Waals surface area contributed by atoms with Gasteiger partial charge in [0.05, 0.1) is 10.7 Å². The van der Waals surface area contributed by atoms with E-state index in [4.69, 9.17) is 16.6 Å². The fourth-order valence-corrected chi connectivity index (χ4v) is 5.93. The monoisotopic (exact) mass is 506 g/mol. The predicted molar refractivity (Wildman–Crippen MR) is 140 cm³/mol. The zero-order valence-corrected chi connectivity index (χ0v) is 21.7. The average Bonchev–Trinajstić information content (AvgIpc) is 3.49. The van der Waals surface area contributed by atoms with E-state index in [1.165, 1.54) is 16.9 Å². The first-order chi connectivity index (χ1) is 16.8. The summed E-state index contributed by atoms with van der Waals surface area (Å²) in [6.45, 7) is 6.23. The molecule has 0 radical (unpaired) electrons. The van der Waals surface area contributed by atoms with E-state index >= 15 is 0 Å². The molecule has 0 aliphatic heterocycles. The number of nitrogens with one attached hydrogen (secondary N) is 1. The molecular weight excluding hydrogens is 480 g/mol. The van der Waals surface area contributed by atoms with Gasteiger partial charge in [-0.2, -0.15) is 5.10 Å². The molecule has 1 amide bonds. The van der Waals surface area contributed by atoms with Gasteiger partial charge in [-0.1, -0.05) is 42.9 Å². The van der Waals surface area contributed by atoms with Crippen LogP contribution in [-0.2, 0) is 11.8 Å². The Labute approximate surface area is 213 Å². The van der Waals surface area contributed by atoms with Crippen LogP contribution in [0.25, 0.3) is 21.3 Å². The first-order valence-corrected chi connectivity index (χ1v) is 12.9. The lowest BCUT2D eigenvalue weighted by molar-refractivity contribution is -0.120. The SMILES string of the molecule is Cc1ccc2c(n1)[C@H]([C@@H](C)C(=O)Nc1ccc(Cl)c(-c3nnc(-c4ccnn4C)s3)c1)CC[C@H]2C. The lowest BCUT2D eigenvalue weighted by Crippen LogP contribution is -2.29. The maximum Gasteiger partial charge on any atom is 0.227 e. The van der Waals surface area contributed by atoms with Crippen LogP contribution in [0.3, 0.4) is 0 Å². The van der Waals surface area contributed by atoms with Crippen molar-refractivity contribution in [3.05, 3.63) is 64.6 Å². The van der Waals surface area contributed by atoms with Gasteiger partial charge in [-0.3, -0.25) is 14.5 Å². The Morgan fingerprint density at radius 1 is 1.17 bits per heavy atom. The minimum Gasteiger partial charge on any atom is -0.326 e. The molecule has 180 valence electrons. The summed E-state index contributed by atoms with van der Waals surface area (Å²) in [7, 11) is 1.86. The van der Waals surface area contributed by atoms with E-state index in [1.807, 2.05) is 39.1 Å². The van der Waals surface area contributed by atoms with Gasteiger partial charge in [-0.25, -0.2) is 0 Å². The number of anilines is 1. The summed E-state index contributed by atoms with van der Waals surface area (Å²) in [6.07, 6.45) is 3.73. The fourth-order valence-electron chi connectivity index (χ4n) is 4.73. The number of nitrogens with zero attached hydrogens (tertiary/aromatic N) is 5. The number of hydrogen-bond acceptors (Lipinski definition) is 6. The highest BCUT2D eigenvalue weighted by molar-refractivity contribution is 7.18. The van der Waals surface area contributed by atoms with E-state index < -0.39 is 0 Å². The first-order valence-electron chi connectivity index (χ1n) is 11.7. The van der Waals surface area contributed by atoms with E-state index in [1.54, 1.807) is 16.9 Å². The molecule has 0 saturated carbocycles. The van der Waals surface area contributed by atoms with Crippen molar-refractivity contribution >= 4 is 34.5 Å². The van der Waals surface area contributed by atoms with Crippen molar-refractivity contribution in [3.8, 4) is 21.3 Å². The summed E-state index contributed by atoms with van der Waals surface area (Å²) >= 11 is 7.94. The molecule has 4 aromatic rings. The molecule has 1 aliphatic carbocycles. The number of carbonyl (C=O) groups excluding carboxylic acids is 1. The number of amides is 1. The van der Waals surface area contributed by atoms with Crippen LogP contribution in [0.5, 0.6) is 0 Å². The molecule has 0 fully saturated rings. The highest BCUT2D eigenvalue weighted by Crippen LogP contribution is 2.42. The quantitative estimate of drug-likeness (QED) is 0.347. The maximum absolute atomic E-state index is 13.3. The molecule has 1 aliphatic rings. The third-order valence-corrected chi connectivity index (χ3v) is 8.14. The van der Waals surface area contributed by atoms with Gasteiger partial charge in [0.1, 0.15) is 5.01 Å². The second kappa shape index (κ2) is 9.51. The minimum absolute atomic E-state index is 0.0279. The predicted octanol–water partition coefficient (Wildman–Crippen LogP) is 6.22. The number of pyridine rings is 1. The van der Waals surface area contributed by atoms with Gasteiger partial charge in [-0.05, 0) is 61.6 Å². The molecule has 0 saturated heterocycles. The molecule has 35 heavy (non-hydrogen) atoms. The number of aryl methyl sites for hydroxylation is 2. The van der Waals surface area contributed by atoms with Crippen molar-refractivity contribution < 1.29 is 4.79 Å². The van der Waals surface area contributed by atoms with Crippen LogP contribution in [0.4, 0.5) is 5.69 Å². The van der Waals surface area contributed by atoms with Crippen LogP contribution in [0.2, 0.25) is 5.02 Å². The molecule has 9 heteroatoms. The van der Waals surface area contributed by atoms with Crippen LogP contribution in [0, 0.1) is 12.8 Å². The van der Waals surface area contributed by atoms with Crippen molar-refractivity contribution in [3.63, 3.8) is 0 Å². The van der Waals surface area contributed by atoms with Crippen molar-refractivity contribution in [1.82, 2.24) is 25.0 Å². The number of carbonyl (C=O) groups is 1. The first kappa shape index (κ1) is 23.6. The molecule has 0 spiro atoms. The normalized spacial score (nSPS) is 18.2. The van der Waals surface area contributed by atoms with E-state index in [0.29, 0.717) is 21.6 Å². The zero-order chi connectivity index (χ0) is 24.7. The van der Waals surface area contributed by atoms with Crippen LogP contribution in [0.1, 0.15) is 55.5 Å². The van der Waals surface area contributed by atoms with Crippen LogP contribution < -0.4 is 5.32 Å². The zero-order valence-electron chi connectivity index (χ0n) is 20.1. The molecule has 1 aromatic carbocycles. The van der Waals surface area contributed by atoms with E-state index in [0.717, 1.165) is 40.5 Å². The summed E-state index contributed by atoms with van der Waals surface area (Å²) in [5, 5.41) is 17.9. The van der Waals surface area contributed by atoms with Crippen molar-refractivity contribution in [1.29, 1.82) is 0 Å². The van der Waals surface area contributed by atoms with Gasteiger partial charge in [0.15, 0.2) is 5.01 Å². The Hall–Kier alpha value is -3.10. The molecule has 5 rings (SSSR count). The number of aromatic nitrogens is 5. The molecule has 7 nitrogen and oxygen atoms in total. The van der Waals surface area contributed by atoms with Crippen molar-refractivity contribution in [2.45, 2.75) is 45.4 Å². The summed E-state index contributed by atoms with van der Waals surface area (Å²) in [5.41, 5.74) is 5.62. The summed E-state index contributed by atoms with van der Waals surface area (Å²) in [5.74, 6) is 0.316. The highest BCUT2D eigenvalue weighted by atomic mass is 35.5. The van der Waals surface area contributed by atoms with Gasteiger partial charge in [0.2, 0.25) is 5.91 Å². The van der Waals surface area contributed by atoms with Crippen molar-refractivity contribution in [2.24, 2.45) is 13.0 Å².